The molecular weight excluding hydrogens is 250 g/mol. The quantitative estimate of drug-likeness (QED) is 0.706. The predicted octanol–water partition coefficient (Wildman–Crippen LogP) is 3.96. The minimum atomic E-state index is 0.703. The SMILES string of the molecule is CCN(CC)c1ccc2c(c1)Oc1cc(N)ccc1N2. The van der Waals surface area contributed by atoms with Crippen LogP contribution in [0.5, 0.6) is 11.5 Å². The summed E-state index contributed by atoms with van der Waals surface area (Å²) in [6, 6.07) is 11.9. The molecule has 0 aliphatic carbocycles. The Balaban J connectivity index is 1.96. The van der Waals surface area contributed by atoms with E-state index in [9.17, 15) is 0 Å². The van der Waals surface area contributed by atoms with Crippen molar-refractivity contribution in [2.45, 2.75) is 13.8 Å². The second-order valence-corrected chi connectivity index (χ2v) is 4.84. The molecule has 1 heterocycles. The van der Waals surface area contributed by atoms with Crippen molar-refractivity contribution < 1.29 is 4.74 Å². The third-order valence-corrected chi connectivity index (χ3v) is 3.59. The molecule has 1 aliphatic rings. The van der Waals surface area contributed by atoms with Crippen molar-refractivity contribution in [1.29, 1.82) is 0 Å². The summed E-state index contributed by atoms with van der Waals surface area (Å²) in [4.78, 5) is 2.29. The second-order valence-electron chi connectivity index (χ2n) is 4.84. The fraction of sp³-hybridized carbons (Fsp3) is 0.250. The van der Waals surface area contributed by atoms with E-state index < -0.39 is 0 Å². The van der Waals surface area contributed by atoms with Gasteiger partial charge in [-0.25, -0.2) is 0 Å². The van der Waals surface area contributed by atoms with Gasteiger partial charge in [0.1, 0.15) is 0 Å². The lowest BCUT2D eigenvalue weighted by Gasteiger charge is -2.26. The van der Waals surface area contributed by atoms with Gasteiger partial charge in [0.25, 0.3) is 0 Å². The molecule has 20 heavy (non-hydrogen) atoms. The molecule has 4 heteroatoms. The molecule has 0 spiro atoms. The van der Waals surface area contributed by atoms with Crippen molar-refractivity contribution >= 4 is 22.7 Å². The molecule has 0 radical (unpaired) electrons. The minimum Gasteiger partial charge on any atom is -0.453 e. The Labute approximate surface area is 119 Å². The van der Waals surface area contributed by atoms with Gasteiger partial charge in [-0.1, -0.05) is 0 Å². The lowest BCUT2D eigenvalue weighted by molar-refractivity contribution is 0.481. The maximum atomic E-state index is 5.97. The number of benzene rings is 2. The number of rotatable bonds is 3. The van der Waals surface area contributed by atoms with Crippen molar-refractivity contribution in [3.8, 4) is 11.5 Å². The molecule has 3 N–H and O–H groups in total. The van der Waals surface area contributed by atoms with Crippen LogP contribution in [0.4, 0.5) is 22.7 Å². The van der Waals surface area contributed by atoms with Gasteiger partial charge in [-0.3, -0.25) is 0 Å². The van der Waals surface area contributed by atoms with E-state index in [1.807, 2.05) is 18.2 Å². The van der Waals surface area contributed by atoms with Gasteiger partial charge in [-0.15, -0.1) is 0 Å². The van der Waals surface area contributed by atoms with Crippen LogP contribution in [-0.4, -0.2) is 13.1 Å². The molecule has 0 saturated carbocycles. The number of anilines is 4. The molecule has 3 rings (SSSR count). The lowest BCUT2D eigenvalue weighted by atomic mass is 10.1. The van der Waals surface area contributed by atoms with Crippen LogP contribution in [0.3, 0.4) is 0 Å². The Bertz CT molecular complexity index is 636. The molecule has 0 unspecified atom stereocenters. The topological polar surface area (TPSA) is 50.5 Å². The molecular formula is C16H19N3O. The van der Waals surface area contributed by atoms with Crippen LogP contribution >= 0.6 is 0 Å². The zero-order chi connectivity index (χ0) is 14.1. The summed E-state index contributed by atoms with van der Waals surface area (Å²) in [7, 11) is 0. The van der Waals surface area contributed by atoms with Crippen LogP contribution in [0.2, 0.25) is 0 Å². The zero-order valence-electron chi connectivity index (χ0n) is 11.8. The Morgan fingerprint density at radius 3 is 2.35 bits per heavy atom. The monoisotopic (exact) mass is 269 g/mol. The van der Waals surface area contributed by atoms with Gasteiger partial charge in [0.15, 0.2) is 11.5 Å². The largest absolute Gasteiger partial charge is 0.453 e. The number of hydrogen-bond donors (Lipinski definition) is 2. The Kier molecular flexibility index (Phi) is 3.14. The van der Waals surface area contributed by atoms with E-state index in [4.69, 9.17) is 10.5 Å². The standard InChI is InChI=1S/C16H19N3O/c1-3-19(4-2)12-6-8-14-16(10-12)20-15-9-11(17)5-7-13(15)18-14/h5-10,18H,3-4,17H2,1-2H3. The summed E-state index contributed by atoms with van der Waals surface area (Å²) >= 11 is 0. The average molecular weight is 269 g/mol. The average Bonchev–Trinajstić information content (AvgIpc) is 2.46. The van der Waals surface area contributed by atoms with Crippen molar-refractivity contribution in [3.63, 3.8) is 0 Å². The maximum Gasteiger partial charge on any atom is 0.153 e. The number of ether oxygens (including phenoxy) is 1. The molecule has 0 bridgehead atoms. The fourth-order valence-corrected chi connectivity index (χ4v) is 2.47. The van der Waals surface area contributed by atoms with E-state index in [-0.39, 0.29) is 0 Å². The summed E-state index contributed by atoms with van der Waals surface area (Å²) in [6.45, 7) is 6.26. The molecule has 0 aromatic heterocycles. The van der Waals surface area contributed by atoms with Crippen LogP contribution in [0.15, 0.2) is 36.4 Å². The lowest BCUT2D eigenvalue weighted by Crippen LogP contribution is -2.21. The van der Waals surface area contributed by atoms with E-state index in [1.54, 1.807) is 0 Å². The van der Waals surface area contributed by atoms with E-state index in [2.05, 4.69) is 42.3 Å². The minimum absolute atomic E-state index is 0.703. The molecule has 104 valence electrons. The van der Waals surface area contributed by atoms with Crippen molar-refractivity contribution in [1.82, 2.24) is 0 Å². The van der Waals surface area contributed by atoms with Gasteiger partial charge < -0.3 is 20.7 Å². The number of hydrogen-bond acceptors (Lipinski definition) is 4. The van der Waals surface area contributed by atoms with Crippen LogP contribution in [0, 0.1) is 0 Å². The van der Waals surface area contributed by atoms with Gasteiger partial charge >= 0.3 is 0 Å². The van der Waals surface area contributed by atoms with Crippen molar-refractivity contribution in [2.24, 2.45) is 0 Å². The molecule has 1 aliphatic heterocycles. The first-order valence-electron chi connectivity index (χ1n) is 6.94. The Hall–Kier alpha value is -2.36. The number of nitrogens with zero attached hydrogens (tertiary/aromatic N) is 1. The maximum absolute atomic E-state index is 5.97. The van der Waals surface area contributed by atoms with Crippen molar-refractivity contribution in [2.75, 3.05) is 29.0 Å². The summed E-state index contributed by atoms with van der Waals surface area (Å²) in [5.74, 6) is 1.61. The van der Waals surface area contributed by atoms with Gasteiger partial charge in [0.2, 0.25) is 0 Å². The van der Waals surface area contributed by atoms with Gasteiger partial charge in [-0.2, -0.15) is 0 Å². The molecule has 2 aromatic carbocycles. The molecule has 0 fully saturated rings. The Morgan fingerprint density at radius 2 is 1.65 bits per heavy atom. The molecule has 0 saturated heterocycles. The highest BCUT2D eigenvalue weighted by molar-refractivity contribution is 5.79. The second kappa shape index (κ2) is 4.96. The Morgan fingerprint density at radius 1 is 1.00 bits per heavy atom. The predicted molar refractivity (Wildman–Crippen MR) is 84.2 cm³/mol. The first kappa shape index (κ1) is 12.7. The molecule has 0 amide bonds. The summed E-state index contributed by atoms with van der Waals surface area (Å²) in [6.07, 6.45) is 0. The fourth-order valence-electron chi connectivity index (χ4n) is 2.47. The van der Waals surface area contributed by atoms with E-state index in [0.717, 1.165) is 36.0 Å². The number of nitrogen functional groups attached to an aromatic ring is 1. The highest BCUT2D eigenvalue weighted by Crippen LogP contribution is 2.43. The smallest absolute Gasteiger partial charge is 0.153 e. The highest BCUT2D eigenvalue weighted by Gasteiger charge is 2.17. The van der Waals surface area contributed by atoms with Gasteiger partial charge in [0.05, 0.1) is 11.4 Å². The van der Waals surface area contributed by atoms with Crippen molar-refractivity contribution in [3.05, 3.63) is 36.4 Å². The van der Waals surface area contributed by atoms with Crippen LogP contribution in [0.25, 0.3) is 0 Å². The third kappa shape index (κ3) is 2.13. The summed E-state index contributed by atoms with van der Waals surface area (Å²) < 4.78 is 5.97. The zero-order valence-corrected chi connectivity index (χ0v) is 11.8. The first-order valence-corrected chi connectivity index (χ1v) is 6.94. The van der Waals surface area contributed by atoms with E-state index in [0.29, 0.717) is 5.69 Å². The molecule has 0 atom stereocenters. The van der Waals surface area contributed by atoms with Crippen LogP contribution in [-0.2, 0) is 0 Å². The molecule has 2 aromatic rings. The summed E-state index contributed by atoms with van der Waals surface area (Å²) in [5, 5.41) is 3.37. The number of fused-ring (bicyclic) bond motifs is 2. The van der Waals surface area contributed by atoms with Crippen LogP contribution < -0.4 is 20.7 Å². The van der Waals surface area contributed by atoms with E-state index in [1.165, 1.54) is 5.69 Å². The van der Waals surface area contributed by atoms with E-state index >= 15 is 0 Å². The number of nitrogens with one attached hydrogen (secondary N) is 1. The summed E-state index contributed by atoms with van der Waals surface area (Å²) in [5.41, 5.74) is 9.61. The normalized spacial score (nSPS) is 11.9. The highest BCUT2D eigenvalue weighted by atomic mass is 16.5. The first-order chi connectivity index (χ1) is 9.71. The van der Waals surface area contributed by atoms with Crippen LogP contribution in [0.1, 0.15) is 13.8 Å². The van der Waals surface area contributed by atoms with Gasteiger partial charge in [0, 0.05) is 36.6 Å². The number of nitrogens with two attached hydrogens (primary N) is 1. The third-order valence-electron chi connectivity index (χ3n) is 3.59. The van der Waals surface area contributed by atoms with Gasteiger partial charge in [-0.05, 0) is 38.1 Å². The molecule has 4 nitrogen and oxygen atoms in total.